The average molecular weight is 309 g/mol. The molecule has 0 radical (unpaired) electrons. The fourth-order valence-corrected chi connectivity index (χ4v) is 3.20. The molecule has 0 saturated carbocycles. The van der Waals surface area contributed by atoms with Crippen molar-refractivity contribution in [1.82, 2.24) is 5.32 Å². The van der Waals surface area contributed by atoms with E-state index in [0.29, 0.717) is 5.92 Å². The molecule has 118 valence electrons. The van der Waals surface area contributed by atoms with Gasteiger partial charge in [-0.2, -0.15) is 0 Å². The zero-order valence-electron chi connectivity index (χ0n) is 13.7. The quantitative estimate of drug-likeness (QED) is 0.847. The minimum absolute atomic E-state index is 0.673. The Morgan fingerprint density at radius 2 is 2.10 bits per heavy atom. The molecule has 1 atom stereocenters. The fraction of sp³-hybridized carbons (Fsp3) is 0.667. The standard InChI is InChI=1S/C18H29ClN2/c1-14(2)12-20-13-16-11-17(19)6-7-18(16)21-9-4-5-15(3)8-10-21/h6-7,11,14-15,20H,4-5,8-10,12-13H2,1-3H3. The van der Waals surface area contributed by atoms with Crippen molar-refractivity contribution in [2.45, 2.75) is 46.6 Å². The van der Waals surface area contributed by atoms with Crippen LogP contribution < -0.4 is 10.2 Å². The minimum atomic E-state index is 0.673. The Hall–Kier alpha value is -0.730. The van der Waals surface area contributed by atoms with Crippen LogP contribution in [0.4, 0.5) is 5.69 Å². The predicted octanol–water partition coefficient (Wildman–Crippen LogP) is 4.71. The predicted molar refractivity (Wildman–Crippen MR) is 93.2 cm³/mol. The highest BCUT2D eigenvalue weighted by Gasteiger charge is 2.16. The van der Waals surface area contributed by atoms with Crippen LogP contribution in [0.25, 0.3) is 0 Å². The molecular formula is C18H29ClN2. The number of nitrogens with one attached hydrogen (secondary N) is 1. The van der Waals surface area contributed by atoms with Crippen LogP contribution in [0, 0.1) is 11.8 Å². The molecule has 0 bridgehead atoms. The highest BCUT2D eigenvalue weighted by atomic mass is 35.5. The van der Waals surface area contributed by atoms with Gasteiger partial charge in [-0.1, -0.05) is 32.4 Å². The van der Waals surface area contributed by atoms with Crippen molar-refractivity contribution >= 4 is 17.3 Å². The Bertz CT molecular complexity index is 445. The Balaban J connectivity index is 2.09. The van der Waals surface area contributed by atoms with E-state index < -0.39 is 0 Å². The molecule has 1 aliphatic heterocycles. The fourth-order valence-electron chi connectivity index (χ4n) is 3.00. The van der Waals surface area contributed by atoms with E-state index in [1.807, 2.05) is 6.07 Å². The first-order chi connectivity index (χ1) is 10.1. The minimum Gasteiger partial charge on any atom is -0.371 e. The molecule has 1 aliphatic rings. The molecule has 1 aromatic rings. The highest BCUT2D eigenvalue weighted by Crippen LogP contribution is 2.28. The van der Waals surface area contributed by atoms with Gasteiger partial charge in [-0.25, -0.2) is 0 Å². The topological polar surface area (TPSA) is 15.3 Å². The number of hydrogen-bond acceptors (Lipinski definition) is 2. The maximum atomic E-state index is 6.21. The van der Waals surface area contributed by atoms with Gasteiger partial charge in [-0.3, -0.25) is 0 Å². The van der Waals surface area contributed by atoms with Crippen LogP contribution in [0.3, 0.4) is 0 Å². The van der Waals surface area contributed by atoms with Gasteiger partial charge in [-0.15, -0.1) is 0 Å². The van der Waals surface area contributed by atoms with Gasteiger partial charge in [0.1, 0.15) is 0 Å². The molecule has 21 heavy (non-hydrogen) atoms. The molecule has 0 spiro atoms. The highest BCUT2D eigenvalue weighted by molar-refractivity contribution is 6.30. The smallest absolute Gasteiger partial charge is 0.0412 e. The summed E-state index contributed by atoms with van der Waals surface area (Å²) in [7, 11) is 0. The van der Waals surface area contributed by atoms with Crippen LogP contribution in [0.15, 0.2) is 18.2 Å². The molecule has 3 heteroatoms. The van der Waals surface area contributed by atoms with Gasteiger partial charge in [-0.05, 0) is 61.4 Å². The number of rotatable bonds is 5. The van der Waals surface area contributed by atoms with Crippen molar-refractivity contribution in [3.63, 3.8) is 0 Å². The monoisotopic (exact) mass is 308 g/mol. The lowest BCUT2D eigenvalue weighted by Gasteiger charge is -2.26. The second kappa shape index (κ2) is 8.05. The molecule has 0 aliphatic carbocycles. The second-order valence-electron chi connectivity index (χ2n) is 6.82. The number of nitrogens with zero attached hydrogens (tertiary/aromatic N) is 1. The van der Waals surface area contributed by atoms with Gasteiger partial charge in [0.25, 0.3) is 0 Å². The van der Waals surface area contributed by atoms with Crippen molar-refractivity contribution in [3.8, 4) is 0 Å². The summed E-state index contributed by atoms with van der Waals surface area (Å²) in [6.07, 6.45) is 3.94. The van der Waals surface area contributed by atoms with Crippen molar-refractivity contribution in [2.75, 3.05) is 24.5 Å². The summed E-state index contributed by atoms with van der Waals surface area (Å²) in [5.74, 6) is 1.52. The van der Waals surface area contributed by atoms with E-state index in [0.717, 1.165) is 24.0 Å². The van der Waals surface area contributed by atoms with Crippen LogP contribution in [0.5, 0.6) is 0 Å². The summed E-state index contributed by atoms with van der Waals surface area (Å²) < 4.78 is 0. The van der Waals surface area contributed by atoms with E-state index in [4.69, 9.17) is 11.6 Å². The SMILES string of the molecule is CC(C)CNCc1cc(Cl)ccc1N1CCCC(C)CC1. The Morgan fingerprint density at radius 1 is 1.29 bits per heavy atom. The Kier molecular flexibility index (Phi) is 6.38. The summed E-state index contributed by atoms with van der Waals surface area (Å²) in [6.45, 7) is 11.1. The summed E-state index contributed by atoms with van der Waals surface area (Å²) in [4.78, 5) is 2.55. The summed E-state index contributed by atoms with van der Waals surface area (Å²) >= 11 is 6.21. The molecule has 0 aromatic heterocycles. The first-order valence-corrected chi connectivity index (χ1v) is 8.68. The van der Waals surface area contributed by atoms with Gasteiger partial charge in [0.05, 0.1) is 0 Å². The van der Waals surface area contributed by atoms with Crippen LogP contribution in [-0.2, 0) is 6.54 Å². The summed E-state index contributed by atoms with van der Waals surface area (Å²) in [6, 6.07) is 6.35. The summed E-state index contributed by atoms with van der Waals surface area (Å²) in [5, 5.41) is 4.38. The van der Waals surface area contributed by atoms with E-state index in [1.54, 1.807) is 0 Å². The number of halogens is 1. The van der Waals surface area contributed by atoms with Crippen molar-refractivity contribution in [1.29, 1.82) is 0 Å². The number of anilines is 1. The van der Waals surface area contributed by atoms with Gasteiger partial charge in [0.15, 0.2) is 0 Å². The van der Waals surface area contributed by atoms with Crippen molar-refractivity contribution in [3.05, 3.63) is 28.8 Å². The van der Waals surface area contributed by atoms with Crippen molar-refractivity contribution < 1.29 is 0 Å². The van der Waals surface area contributed by atoms with Gasteiger partial charge < -0.3 is 10.2 Å². The summed E-state index contributed by atoms with van der Waals surface area (Å²) in [5.41, 5.74) is 2.70. The van der Waals surface area contributed by atoms with Crippen LogP contribution >= 0.6 is 11.6 Å². The van der Waals surface area contributed by atoms with E-state index in [-0.39, 0.29) is 0 Å². The zero-order valence-corrected chi connectivity index (χ0v) is 14.4. The van der Waals surface area contributed by atoms with Crippen LogP contribution in [0.2, 0.25) is 5.02 Å². The molecule has 1 saturated heterocycles. The zero-order chi connectivity index (χ0) is 15.2. The normalized spacial score (nSPS) is 19.9. The lowest BCUT2D eigenvalue weighted by Crippen LogP contribution is -2.27. The van der Waals surface area contributed by atoms with Crippen LogP contribution in [-0.4, -0.2) is 19.6 Å². The third-order valence-corrected chi connectivity index (χ3v) is 4.50. The molecule has 0 amide bonds. The third kappa shape index (κ3) is 5.19. The lowest BCUT2D eigenvalue weighted by atomic mass is 10.0. The molecule has 1 N–H and O–H groups in total. The molecule has 2 rings (SSSR count). The first kappa shape index (κ1) is 16.6. The van der Waals surface area contributed by atoms with Gasteiger partial charge >= 0.3 is 0 Å². The van der Waals surface area contributed by atoms with E-state index in [9.17, 15) is 0 Å². The van der Waals surface area contributed by atoms with Crippen molar-refractivity contribution in [2.24, 2.45) is 11.8 Å². The lowest BCUT2D eigenvalue weighted by molar-refractivity contribution is 0.521. The second-order valence-corrected chi connectivity index (χ2v) is 7.26. The maximum Gasteiger partial charge on any atom is 0.0412 e. The number of benzene rings is 1. The first-order valence-electron chi connectivity index (χ1n) is 8.30. The van der Waals surface area contributed by atoms with E-state index in [1.165, 1.54) is 43.6 Å². The number of hydrogen-bond donors (Lipinski definition) is 1. The Labute approximate surface area is 134 Å². The molecule has 1 aromatic carbocycles. The van der Waals surface area contributed by atoms with Gasteiger partial charge in [0.2, 0.25) is 0 Å². The molecular weight excluding hydrogens is 280 g/mol. The molecule has 1 fully saturated rings. The van der Waals surface area contributed by atoms with E-state index in [2.05, 4.69) is 43.1 Å². The molecule has 2 nitrogen and oxygen atoms in total. The van der Waals surface area contributed by atoms with Gasteiger partial charge in [0, 0.05) is 30.3 Å². The van der Waals surface area contributed by atoms with E-state index >= 15 is 0 Å². The van der Waals surface area contributed by atoms with Crippen LogP contribution in [0.1, 0.15) is 45.6 Å². The molecule has 1 unspecified atom stereocenters. The average Bonchev–Trinajstić information content (AvgIpc) is 2.63. The Morgan fingerprint density at radius 3 is 2.86 bits per heavy atom. The molecule has 1 heterocycles. The maximum absolute atomic E-state index is 6.21. The third-order valence-electron chi connectivity index (χ3n) is 4.27. The largest absolute Gasteiger partial charge is 0.371 e.